The van der Waals surface area contributed by atoms with Gasteiger partial charge in [0.2, 0.25) is 0 Å². The Morgan fingerprint density at radius 2 is 2.21 bits per heavy atom. The molecule has 1 aliphatic heterocycles. The van der Waals surface area contributed by atoms with Crippen LogP contribution in [-0.4, -0.2) is 20.5 Å². The molecule has 1 aliphatic rings. The van der Waals surface area contributed by atoms with Crippen LogP contribution >= 0.6 is 11.3 Å². The number of thiophene rings is 1. The fourth-order valence-electron chi connectivity index (χ4n) is 1.71. The Kier molecular flexibility index (Phi) is 3.44. The van der Waals surface area contributed by atoms with Crippen LogP contribution in [0, 0.1) is 0 Å². The molecule has 96 valence electrons. The number of hydrogen-bond donors (Lipinski definition) is 2. The van der Waals surface area contributed by atoms with Crippen molar-refractivity contribution in [3.63, 3.8) is 0 Å². The molecule has 1 atom stereocenters. The summed E-state index contributed by atoms with van der Waals surface area (Å²) in [6.45, 7) is 0. The third kappa shape index (κ3) is 2.46. The number of carbonyl (C=O) groups is 1. The molecule has 2 heterocycles. The molecule has 1 aromatic carbocycles. The van der Waals surface area contributed by atoms with Crippen LogP contribution < -0.4 is 11.1 Å². The molecule has 0 bridgehead atoms. The summed E-state index contributed by atoms with van der Waals surface area (Å²) in [6.07, 6.45) is 0. The van der Waals surface area contributed by atoms with Crippen LogP contribution in [0.1, 0.15) is 10.9 Å². The summed E-state index contributed by atoms with van der Waals surface area (Å²) >= 11 is 1.36. The quantitative estimate of drug-likeness (QED) is 0.721. The molecule has 1 amide bonds. The van der Waals surface area contributed by atoms with E-state index in [1.807, 2.05) is 35.7 Å². The van der Waals surface area contributed by atoms with Gasteiger partial charge in [-0.15, -0.1) is 0 Å². The van der Waals surface area contributed by atoms with Crippen molar-refractivity contribution in [3.8, 4) is 0 Å². The van der Waals surface area contributed by atoms with Gasteiger partial charge in [0.05, 0.1) is 0 Å². The van der Waals surface area contributed by atoms with E-state index >= 15 is 0 Å². The molecule has 0 saturated heterocycles. The van der Waals surface area contributed by atoms with Crippen LogP contribution in [0.25, 0.3) is 0 Å². The average Bonchev–Trinajstić information content (AvgIpc) is 3.09. The molecule has 0 saturated carbocycles. The molecule has 2 aromatic rings. The monoisotopic (exact) mass is 338 g/mol. The van der Waals surface area contributed by atoms with Crippen LogP contribution in [0.3, 0.4) is 0 Å². The molecular formula is C12H10N4OSSe. The van der Waals surface area contributed by atoms with Crippen molar-refractivity contribution in [2.45, 2.75) is 6.04 Å². The van der Waals surface area contributed by atoms with Crippen LogP contribution in [0.15, 0.2) is 43.6 Å². The van der Waals surface area contributed by atoms with Gasteiger partial charge in [0.1, 0.15) is 0 Å². The first-order valence-corrected chi connectivity index (χ1v) is 7.98. The van der Waals surface area contributed by atoms with Crippen molar-refractivity contribution in [2.24, 2.45) is 13.7 Å². The first kappa shape index (κ1) is 12.5. The maximum absolute atomic E-state index is 12.1. The zero-order valence-corrected chi connectivity index (χ0v) is 12.3. The Balaban J connectivity index is 1.81. The van der Waals surface area contributed by atoms with Gasteiger partial charge in [-0.3, -0.25) is 0 Å². The van der Waals surface area contributed by atoms with Crippen molar-refractivity contribution in [2.75, 3.05) is 5.32 Å². The fourth-order valence-corrected chi connectivity index (χ4v) is 3.59. The van der Waals surface area contributed by atoms with E-state index in [4.69, 9.17) is 5.73 Å². The van der Waals surface area contributed by atoms with E-state index in [1.165, 1.54) is 11.3 Å². The van der Waals surface area contributed by atoms with Gasteiger partial charge in [-0.2, -0.15) is 0 Å². The molecule has 3 rings (SSSR count). The number of nitrogens with zero attached hydrogens (tertiary/aromatic N) is 2. The van der Waals surface area contributed by atoms with Crippen LogP contribution in [0.5, 0.6) is 0 Å². The fraction of sp³-hybridized carbons (Fsp3) is 0.0833. The number of hydrogen-bond acceptors (Lipinski definition) is 5. The molecule has 0 spiro atoms. The summed E-state index contributed by atoms with van der Waals surface area (Å²) in [7, 11) is 0. The third-order valence-electron chi connectivity index (χ3n) is 2.68. The zero-order chi connectivity index (χ0) is 13.2. The summed E-state index contributed by atoms with van der Waals surface area (Å²) in [6, 6.07) is 8.64. The Hall–Kier alpha value is -1.53. The second-order valence-electron chi connectivity index (χ2n) is 3.92. The number of benzene rings is 1. The number of nitrogens with two attached hydrogens (primary N) is 1. The second kappa shape index (κ2) is 5.22. The van der Waals surface area contributed by atoms with Gasteiger partial charge in [-0.05, 0) is 0 Å². The van der Waals surface area contributed by atoms with E-state index < -0.39 is 6.04 Å². The van der Waals surface area contributed by atoms with E-state index in [0.29, 0.717) is 5.69 Å². The normalized spacial score (nSPS) is 13.7. The number of rotatable bonds is 3. The molecule has 1 unspecified atom stereocenters. The van der Waals surface area contributed by atoms with Gasteiger partial charge in [0, 0.05) is 0 Å². The van der Waals surface area contributed by atoms with E-state index in [2.05, 4.69) is 13.2 Å². The minimum absolute atomic E-state index is 0.112. The van der Waals surface area contributed by atoms with Gasteiger partial charge in [-0.1, -0.05) is 0 Å². The molecule has 0 radical (unpaired) electrons. The number of nitrogens with one attached hydrogen (secondary N) is 1. The zero-order valence-electron chi connectivity index (χ0n) is 9.74. The van der Waals surface area contributed by atoms with Crippen molar-refractivity contribution in [3.05, 3.63) is 40.6 Å². The van der Waals surface area contributed by atoms with Crippen LogP contribution in [-0.2, 0) is 4.79 Å². The Morgan fingerprint density at radius 1 is 1.32 bits per heavy atom. The first-order valence-electron chi connectivity index (χ1n) is 5.57. The maximum atomic E-state index is 12.1. The number of fused-ring (bicyclic) bond motifs is 1. The minimum atomic E-state index is -0.653. The third-order valence-corrected chi connectivity index (χ3v) is 4.77. The van der Waals surface area contributed by atoms with Gasteiger partial charge < -0.3 is 0 Å². The van der Waals surface area contributed by atoms with Crippen molar-refractivity contribution < 1.29 is 4.79 Å². The molecule has 5 nitrogen and oxygen atoms in total. The summed E-state index contributed by atoms with van der Waals surface area (Å²) in [5, 5.41) is 4.73. The van der Waals surface area contributed by atoms with Gasteiger partial charge >= 0.3 is 119 Å². The molecule has 0 aliphatic carbocycles. The first-order chi connectivity index (χ1) is 9.25. The van der Waals surface area contributed by atoms with Crippen LogP contribution in [0.2, 0.25) is 0 Å². The molecular weight excluding hydrogens is 327 g/mol. The Labute approximate surface area is 119 Å². The number of anilines is 1. The Morgan fingerprint density at radius 3 is 3.00 bits per heavy atom. The Bertz CT molecular complexity index is 692. The van der Waals surface area contributed by atoms with Crippen LogP contribution in [0.4, 0.5) is 17.1 Å². The summed E-state index contributed by atoms with van der Waals surface area (Å²) < 4.78 is 8.59. The van der Waals surface area contributed by atoms with Crippen molar-refractivity contribution in [1.82, 2.24) is 0 Å². The molecule has 0 fully saturated rings. The SMILES string of the molecule is NC(C(=O)Nc1cccc2c1N=[Se]=N2)c1cccs1. The van der Waals surface area contributed by atoms with E-state index in [0.717, 1.165) is 16.3 Å². The predicted octanol–water partition coefficient (Wildman–Crippen LogP) is 2.73. The molecule has 1 aromatic heterocycles. The van der Waals surface area contributed by atoms with E-state index in [-0.39, 0.29) is 20.5 Å². The summed E-state index contributed by atoms with van der Waals surface area (Å²) in [4.78, 5) is 13.0. The number of amides is 1. The standard InChI is InChI=1S/C12H10N4OSSe/c13-10(9-5-2-6-18-9)12(17)14-7-3-1-4-8-11(7)16-19-15-8/h1-6,10H,13H2,(H,14,17). The number of carbonyl (C=O) groups excluding carboxylic acids is 1. The van der Waals surface area contributed by atoms with Crippen molar-refractivity contribution >= 4 is 48.9 Å². The predicted molar refractivity (Wildman–Crippen MR) is 76.2 cm³/mol. The van der Waals surface area contributed by atoms with E-state index in [9.17, 15) is 4.79 Å². The summed E-state index contributed by atoms with van der Waals surface area (Å²) in [5.41, 5.74) is 8.20. The van der Waals surface area contributed by atoms with Gasteiger partial charge in [0.15, 0.2) is 0 Å². The van der Waals surface area contributed by atoms with Crippen molar-refractivity contribution in [1.29, 1.82) is 0 Å². The van der Waals surface area contributed by atoms with E-state index in [1.54, 1.807) is 0 Å². The molecule has 19 heavy (non-hydrogen) atoms. The van der Waals surface area contributed by atoms with Gasteiger partial charge in [0.25, 0.3) is 0 Å². The van der Waals surface area contributed by atoms with Gasteiger partial charge in [-0.25, -0.2) is 0 Å². The average molecular weight is 337 g/mol. The second-order valence-corrected chi connectivity index (χ2v) is 6.01. The topological polar surface area (TPSA) is 79.8 Å². The molecule has 3 N–H and O–H groups in total. The summed E-state index contributed by atoms with van der Waals surface area (Å²) in [5.74, 6) is -0.231. The molecule has 7 heteroatoms.